The van der Waals surface area contributed by atoms with Crippen molar-refractivity contribution in [3.63, 3.8) is 0 Å². The van der Waals surface area contributed by atoms with Gasteiger partial charge in [-0.3, -0.25) is 0 Å². The highest BCUT2D eigenvalue weighted by Gasteiger charge is 2.22. The van der Waals surface area contributed by atoms with E-state index in [1.807, 2.05) is 27.1 Å². The van der Waals surface area contributed by atoms with Gasteiger partial charge < -0.3 is 5.32 Å². The summed E-state index contributed by atoms with van der Waals surface area (Å²) in [6.07, 6.45) is 3.41. The summed E-state index contributed by atoms with van der Waals surface area (Å²) in [5.74, 6) is 0. The quantitative estimate of drug-likeness (QED) is 0.697. The van der Waals surface area contributed by atoms with Crippen molar-refractivity contribution in [1.82, 2.24) is 5.32 Å². The Morgan fingerprint density at radius 2 is 1.81 bits per heavy atom. The fourth-order valence-electron chi connectivity index (χ4n) is 1.60. The molecular weight excluding hydrogens is 201 g/mol. The number of allylic oxidation sites excluding steroid dienone is 5. The first-order valence-electron chi connectivity index (χ1n) is 5.32. The van der Waals surface area contributed by atoms with Gasteiger partial charge in [0.15, 0.2) is 0 Å². The van der Waals surface area contributed by atoms with Gasteiger partial charge in [-0.25, -0.2) is 4.39 Å². The van der Waals surface area contributed by atoms with Crippen LogP contribution in [0.5, 0.6) is 0 Å². The van der Waals surface area contributed by atoms with Crippen molar-refractivity contribution in [3.05, 3.63) is 47.7 Å². The van der Waals surface area contributed by atoms with Crippen LogP contribution >= 0.6 is 0 Å². The number of hydrogen-bond acceptors (Lipinski definition) is 1. The van der Waals surface area contributed by atoms with Crippen molar-refractivity contribution in [2.24, 2.45) is 0 Å². The summed E-state index contributed by atoms with van der Waals surface area (Å²) in [5.41, 5.74) is 1.85. The average molecular weight is 223 g/mol. The molecule has 0 radical (unpaired) electrons. The van der Waals surface area contributed by atoms with Gasteiger partial charge in [0.25, 0.3) is 0 Å². The summed E-state index contributed by atoms with van der Waals surface area (Å²) >= 11 is 0. The van der Waals surface area contributed by atoms with Gasteiger partial charge in [0, 0.05) is 7.05 Å². The Kier molecular flexibility index (Phi) is 5.22. The normalized spacial score (nSPS) is 14.2. The van der Waals surface area contributed by atoms with Crippen LogP contribution in [0.25, 0.3) is 0 Å². The number of halogens is 1. The lowest BCUT2D eigenvalue weighted by molar-refractivity contribution is 0.272. The first-order chi connectivity index (χ1) is 7.25. The van der Waals surface area contributed by atoms with E-state index in [2.05, 4.69) is 18.5 Å². The maximum absolute atomic E-state index is 13.9. The van der Waals surface area contributed by atoms with Crippen LogP contribution < -0.4 is 5.32 Å². The maximum Gasteiger partial charge on any atom is 0.130 e. The van der Waals surface area contributed by atoms with Crippen molar-refractivity contribution in [2.45, 2.75) is 33.4 Å². The van der Waals surface area contributed by atoms with E-state index in [0.29, 0.717) is 5.57 Å². The molecule has 0 aliphatic carbocycles. The van der Waals surface area contributed by atoms with Gasteiger partial charge in [-0.05, 0) is 56.2 Å². The molecule has 90 valence electrons. The molecule has 0 aromatic heterocycles. The highest BCUT2D eigenvalue weighted by molar-refractivity contribution is 5.49. The van der Waals surface area contributed by atoms with Gasteiger partial charge in [0.05, 0.1) is 0 Å². The molecule has 0 aromatic carbocycles. The molecule has 0 aromatic rings. The third-order valence-electron chi connectivity index (χ3n) is 2.54. The van der Waals surface area contributed by atoms with Gasteiger partial charge in [0.1, 0.15) is 5.67 Å². The van der Waals surface area contributed by atoms with E-state index in [1.54, 1.807) is 6.08 Å². The fourth-order valence-corrected chi connectivity index (χ4v) is 1.60. The summed E-state index contributed by atoms with van der Waals surface area (Å²) in [7, 11) is 1.82. The smallest absolute Gasteiger partial charge is 0.130 e. The number of hydrogen-bond donors (Lipinski definition) is 1. The average Bonchev–Trinajstić information content (AvgIpc) is 2.15. The Hall–Kier alpha value is -1.31. The molecule has 0 saturated heterocycles. The molecule has 0 aliphatic heterocycles. The minimum atomic E-state index is -1.39. The van der Waals surface area contributed by atoms with Gasteiger partial charge in [-0.15, -0.1) is 0 Å². The minimum absolute atomic E-state index is 0.585. The van der Waals surface area contributed by atoms with Crippen molar-refractivity contribution in [3.8, 4) is 0 Å². The Labute approximate surface area is 98.4 Å². The van der Waals surface area contributed by atoms with Gasteiger partial charge in [-0.2, -0.15) is 0 Å². The monoisotopic (exact) mass is 223 g/mol. The molecule has 0 unspecified atom stereocenters. The van der Waals surface area contributed by atoms with Crippen LogP contribution in [0.1, 0.15) is 27.7 Å². The topological polar surface area (TPSA) is 12.0 Å². The second kappa shape index (κ2) is 5.69. The first-order valence-corrected chi connectivity index (χ1v) is 5.32. The Bertz CT molecular complexity index is 340. The van der Waals surface area contributed by atoms with E-state index in [1.165, 1.54) is 13.8 Å². The zero-order valence-electron chi connectivity index (χ0n) is 10.9. The predicted molar refractivity (Wildman–Crippen MR) is 70.0 cm³/mol. The van der Waals surface area contributed by atoms with Crippen LogP contribution in [0.4, 0.5) is 4.39 Å². The number of nitrogens with one attached hydrogen (secondary N) is 1. The summed E-state index contributed by atoms with van der Waals surface area (Å²) < 4.78 is 13.9. The molecule has 2 heteroatoms. The summed E-state index contributed by atoms with van der Waals surface area (Å²) in [5, 5.41) is 2.93. The van der Waals surface area contributed by atoms with E-state index in [9.17, 15) is 4.39 Å². The highest BCUT2D eigenvalue weighted by Crippen LogP contribution is 2.29. The molecule has 0 spiro atoms. The zero-order chi connectivity index (χ0) is 12.9. The summed E-state index contributed by atoms with van der Waals surface area (Å²) in [6.45, 7) is 14.5. The van der Waals surface area contributed by atoms with E-state index in [-0.39, 0.29) is 0 Å². The Morgan fingerprint density at radius 3 is 2.12 bits per heavy atom. The van der Waals surface area contributed by atoms with E-state index < -0.39 is 5.67 Å². The SMILES string of the molecule is C=C/C(=C(\C)C(=C)/C(C)=C\NC)C(C)(C)F. The lowest BCUT2D eigenvalue weighted by Crippen LogP contribution is -2.16. The van der Waals surface area contributed by atoms with Crippen LogP contribution in [0, 0.1) is 0 Å². The van der Waals surface area contributed by atoms with E-state index in [4.69, 9.17) is 0 Å². The molecule has 0 saturated carbocycles. The Morgan fingerprint density at radius 1 is 1.31 bits per heavy atom. The van der Waals surface area contributed by atoms with Crippen LogP contribution in [0.15, 0.2) is 47.7 Å². The first kappa shape index (κ1) is 14.7. The molecule has 0 fully saturated rings. The van der Waals surface area contributed by atoms with Crippen molar-refractivity contribution < 1.29 is 4.39 Å². The van der Waals surface area contributed by atoms with Crippen LogP contribution in [-0.2, 0) is 0 Å². The maximum atomic E-state index is 13.9. The van der Waals surface area contributed by atoms with Gasteiger partial charge in [-0.1, -0.05) is 19.2 Å². The molecule has 0 amide bonds. The molecule has 1 N–H and O–H groups in total. The van der Waals surface area contributed by atoms with Gasteiger partial charge >= 0.3 is 0 Å². The molecule has 0 atom stereocenters. The Balaban J connectivity index is 5.38. The standard InChI is InChI=1S/C14H22FN/c1-8-13(14(5,6)15)12(4)11(3)10(2)9-16-7/h8-9,16H,1,3H2,2,4-7H3/b10-9-,13-12-. The van der Waals surface area contributed by atoms with Crippen LogP contribution in [0.3, 0.4) is 0 Å². The molecule has 0 rings (SSSR count). The molecule has 0 aliphatic rings. The second-order valence-corrected chi connectivity index (χ2v) is 4.31. The lowest BCUT2D eigenvalue weighted by atomic mass is 9.90. The summed E-state index contributed by atoms with van der Waals surface area (Å²) in [4.78, 5) is 0. The van der Waals surface area contributed by atoms with Crippen LogP contribution in [-0.4, -0.2) is 12.7 Å². The van der Waals surface area contributed by atoms with E-state index in [0.717, 1.165) is 16.7 Å². The predicted octanol–water partition coefficient (Wildman–Crippen LogP) is 3.92. The summed E-state index contributed by atoms with van der Waals surface area (Å²) in [6, 6.07) is 0. The van der Waals surface area contributed by atoms with Crippen LogP contribution in [0.2, 0.25) is 0 Å². The van der Waals surface area contributed by atoms with Crippen molar-refractivity contribution in [2.75, 3.05) is 7.05 Å². The van der Waals surface area contributed by atoms with E-state index >= 15 is 0 Å². The van der Waals surface area contributed by atoms with Crippen molar-refractivity contribution in [1.29, 1.82) is 0 Å². The highest BCUT2D eigenvalue weighted by atomic mass is 19.1. The van der Waals surface area contributed by atoms with Gasteiger partial charge in [0.2, 0.25) is 0 Å². The largest absolute Gasteiger partial charge is 0.394 e. The fraction of sp³-hybridized carbons (Fsp3) is 0.429. The molecule has 16 heavy (non-hydrogen) atoms. The second-order valence-electron chi connectivity index (χ2n) is 4.31. The van der Waals surface area contributed by atoms with Crippen molar-refractivity contribution >= 4 is 0 Å². The third-order valence-corrected chi connectivity index (χ3v) is 2.54. The number of alkyl halides is 1. The zero-order valence-corrected chi connectivity index (χ0v) is 10.9. The molecule has 0 bridgehead atoms. The number of rotatable bonds is 5. The lowest BCUT2D eigenvalue weighted by Gasteiger charge is -2.20. The minimum Gasteiger partial charge on any atom is -0.394 e. The third kappa shape index (κ3) is 3.69. The molecule has 1 nitrogen and oxygen atoms in total. The molecule has 0 heterocycles. The molecular formula is C14H22FN.